The van der Waals surface area contributed by atoms with Crippen LogP contribution in [0.1, 0.15) is 70.3 Å². The molecule has 3 aromatic heterocycles. The fraction of sp³-hybridized carbons (Fsp3) is 0.483. The third kappa shape index (κ3) is 6.87. The predicted octanol–water partition coefficient (Wildman–Crippen LogP) is 4.94. The Morgan fingerprint density at radius 3 is 2.60 bits per heavy atom. The molecule has 40 heavy (non-hydrogen) atoms. The number of nitrogens with zero attached hydrogens (tertiary/aromatic N) is 5. The summed E-state index contributed by atoms with van der Waals surface area (Å²) in [5, 5.41) is 23.1. The van der Waals surface area contributed by atoms with Crippen LogP contribution in [0.25, 0.3) is 0 Å². The van der Waals surface area contributed by atoms with Crippen molar-refractivity contribution in [3.63, 3.8) is 0 Å². The van der Waals surface area contributed by atoms with Crippen LogP contribution in [-0.4, -0.2) is 63.6 Å². The number of piperidine rings is 1. The fourth-order valence-corrected chi connectivity index (χ4v) is 5.84. The van der Waals surface area contributed by atoms with Crippen LogP contribution in [0.3, 0.4) is 0 Å². The molecule has 0 saturated carbocycles. The molecule has 10 nitrogen and oxygen atoms in total. The molecule has 0 spiro atoms. The normalized spacial score (nSPS) is 14.9. The van der Waals surface area contributed by atoms with Crippen LogP contribution in [0, 0.1) is 39.0 Å². The van der Waals surface area contributed by atoms with Crippen LogP contribution >= 0.6 is 11.3 Å². The van der Waals surface area contributed by atoms with E-state index in [0.717, 1.165) is 54.7 Å². The van der Waals surface area contributed by atoms with E-state index in [9.17, 15) is 9.59 Å². The van der Waals surface area contributed by atoms with E-state index in [-0.39, 0.29) is 24.0 Å². The Bertz CT molecular complexity index is 1350. The van der Waals surface area contributed by atoms with Crippen LogP contribution < -0.4 is 10.6 Å². The largest absolute Gasteiger partial charge is 0.352 e. The molecule has 11 heteroatoms. The van der Waals surface area contributed by atoms with Gasteiger partial charge >= 0.3 is 6.03 Å². The van der Waals surface area contributed by atoms with E-state index in [2.05, 4.69) is 44.0 Å². The summed E-state index contributed by atoms with van der Waals surface area (Å²) in [5.41, 5.74) is 4.87. The molecule has 0 aromatic carbocycles. The van der Waals surface area contributed by atoms with Crippen LogP contribution in [-0.2, 0) is 6.54 Å². The zero-order valence-corrected chi connectivity index (χ0v) is 24.6. The molecule has 1 saturated heterocycles. The summed E-state index contributed by atoms with van der Waals surface area (Å²) in [5.74, 6) is 0.235. The van der Waals surface area contributed by atoms with Gasteiger partial charge in [-0.1, -0.05) is 5.16 Å². The van der Waals surface area contributed by atoms with Gasteiger partial charge in [0, 0.05) is 43.8 Å². The van der Waals surface area contributed by atoms with E-state index in [1.165, 1.54) is 0 Å². The minimum absolute atomic E-state index is 0.0993. The Morgan fingerprint density at radius 2 is 2.00 bits per heavy atom. The quantitative estimate of drug-likeness (QED) is 0.377. The number of hydrogen-bond donors (Lipinski definition) is 2. The van der Waals surface area contributed by atoms with Gasteiger partial charge in [-0.3, -0.25) is 10.1 Å². The summed E-state index contributed by atoms with van der Waals surface area (Å²) in [6, 6.07) is 5.93. The van der Waals surface area contributed by atoms with Gasteiger partial charge in [0.15, 0.2) is 0 Å². The van der Waals surface area contributed by atoms with Crippen molar-refractivity contribution in [2.75, 3.05) is 25.0 Å². The molecule has 3 amide bonds. The Kier molecular flexibility index (Phi) is 9.55. The summed E-state index contributed by atoms with van der Waals surface area (Å²) in [6.45, 7) is 12.3. The topological polar surface area (TPSA) is 127 Å². The van der Waals surface area contributed by atoms with Crippen LogP contribution in [0.2, 0.25) is 0 Å². The van der Waals surface area contributed by atoms with Gasteiger partial charge in [0.2, 0.25) is 5.88 Å². The van der Waals surface area contributed by atoms with Crippen LogP contribution in [0.4, 0.5) is 10.7 Å². The Labute approximate surface area is 239 Å². The van der Waals surface area contributed by atoms with E-state index in [0.29, 0.717) is 35.9 Å². The first-order chi connectivity index (χ1) is 19.2. The van der Waals surface area contributed by atoms with Crippen molar-refractivity contribution in [2.24, 2.45) is 0 Å². The van der Waals surface area contributed by atoms with E-state index in [4.69, 9.17) is 9.78 Å². The lowest BCUT2D eigenvalue weighted by Gasteiger charge is -2.40. The van der Waals surface area contributed by atoms with Crippen molar-refractivity contribution in [2.45, 2.75) is 72.5 Å². The maximum absolute atomic E-state index is 13.4. The molecule has 1 atom stereocenters. The second-order valence-corrected chi connectivity index (χ2v) is 11.2. The SMILES string of the molecule is Cc1cc(C#N)nc(C)c1C(=O)NCC[C@@H](C)N1CCC(N(Cc2ccsc2)C(=O)Nc2onc(C)c2C)CC1. The van der Waals surface area contributed by atoms with Crippen molar-refractivity contribution in [1.29, 1.82) is 5.26 Å². The standard InChI is InChI=1S/C29H37N7O3S/c1-18-14-24(15-30)32-22(5)26(18)27(37)31-10-6-19(2)35-11-7-25(8-12-35)36(16-23-9-13-40-17-23)29(38)33-28-20(3)21(4)34-39-28/h9,13-14,17,19,25H,6-8,10-12,16H2,1-5H3,(H,31,37)(H,33,38)/t19-/m1/s1. The lowest BCUT2D eigenvalue weighted by molar-refractivity contribution is 0.0918. The average Bonchev–Trinajstić information content (AvgIpc) is 3.56. The van der Waals surface area contributed by atoms with E-state index < -0.39 is 0 Å². The number of nitrogens with one attached hydrogen (secondary N) is 2. The molecule has 0 bridgehead atoms. The molecule has 212 valence electrons. The zero-order valence-electron chi connectivity index (χ0n) is 23.8. The summed E-state index contributed by atoms with van der Waals surface area (Å²) < 4.78 is 5.33. The second kappa shape index (κ2) is 13.1. The molecule has 4 heterocycles. The van der Waals surface area contributed by atoms with Gasteiger partial charge in [-0.2, -0.15) is 16.6 Å². The molecule has 1 aliphatic heterocycles. The van der Waals surface area contributed by atoms with Crippen molar-refractivity contribution < 1.29 is 14.1 Å². The highest BCUT2D eigenvalue weighted by atomic mass is 32.1. The third-order valence-corrected chi connectivity index (χ3v) is 8.45. The van der Waals surface area contributed by atoms with Crippen LogP contribution in [0.5, 0.6) is 0 Å². The van der Waals surface area contributed by atoms with Gasteiger partial charge in [0.25, 0.3) is 5.91 Å². The molecular formula is C29H37N7O3S. The minimum Gasteiger partial charge on any atom is -0.352 e. The first-order valence-electron chi connectivity index (χ1n) is 13.6. The number of rotatable bonds is 9. The zero-order chi connectivity index (χ0) is 28.8. The van der Waals surface area contributed by atoms with Gasteiger partial charge in [0.1, 0.15) is 11.8 Å². The second-order valence-electron chi connectivity index (χ2n) is 10.5. The maximum Gasteiger partial charge on any atom is 0.324 e. The van der Waals surface area contributed by atoms with Gasteiger partial charge in [0.05, 0.1) is 17.0 Å². The lowest BCUT2D eigenvalue weighted by atomic mass is 10.0. The number of anilines is 1. The van der Waals surface area contributed by atoms with Crippen molar-refractivity contribution in [3.05, 3.63) is 62.2 Å². The number of amides is 3. The molecule has 1 aliphatic rings. The molecule has 0 radical (unpaired) electrons. The minimum atomic E-state index is -0.178. The lowest BCUT2D eigenvalue weighted by Crippen LogP contribution is -2.50. The molecule has 0 unspecified atom stereocenters. The van der Waals surface area contributed by atoms with Crippen molar-refractivity contribution in [3.8, 4) is 6.07 Å². The number of aryl methyl sites for hydroxylation is 3. The highest BCUT2D eigenvalue weighted by Gasteiger charge is 2.30. The Balaban J connectivity index is 1.31. The summed E-state index contributed by atoms with van der Waals surface area (Å²) >= 11 is 1.62. The molecule has 2 N–H and O–H groups in total. The first kappa shape index (κ1) is 29.2. The smallest absolute Gasteiger partial charge is 0.324 e. The number of likely N-dealkylation sites (tertiary alicyclic amines) is 1. The number of carbonyl (C=O) groups is 2. The molecule has 4 rings (SSSR count). The summed E-state index contributed by atoms with van der Waals surface area (Å²) in [6.07, 6.45) is 2.53. The van der Waals surface area contributed by atoms with E-state index in [1.807, 2.05) is 37.1 Å². The molecule has 1 fully saturated rings. The summed E-state index contributed by atoms with van der Waals surface area (Å²) in [7, 11) is 0. The third-order valence-electron chi connectivity index (χ3n) is 7.72. The average molecular weight is 564 g/mol. The number of carbonyl (C=O) groups excluding carboxylic acids is 2. The predicted molar refractivity (Wildman–Crippen MR) is 154 cm³/mol. The van der Waals surface area contributed by atoms with Gasteiger partial charge < -0.3 is 19.6 Å². The van der Waals surface area contributed by atoms with Gasteiger partial charge in [-0.25, -0.2) is 9.78 Å². The number of aromatic nitrogens is 2. The first-order valence-corrected chi connectivity index (χ1v) is 14.5. The van der Waals surface area contributed by atoms with Crippen molar-refractivity contribution in [1.82, 2.24) is 25.3 Å². The van der Waals surface area contributed by atoms with Gasteiger partial charge in [-0.15, -0.1) is 0 Å². The number of pyridine rings is 1. The Hall–Kier alpha value is -3.75. The van der Waals surface area contributed by atoms with Crippen molar-refractivity contribution >= 4 is 29.2 Å². The Morgan fingerprint density at radius 1 is 1.25 bits per heavy atom. The summed E-state index contributed by atoms with van der Waals surface area (Å²) in [4.78, 5) is 34.7. The number of nitriles is 1. The van der Waals surface area contributed by atoms with E-state index >= 15 is 0 Å². The number of hydrogen-bond acceptors (Lipinski definition) is 8. The maximum atomic E-state index is 13.4. The van der Waals surface area contributed by atoms with E-state index in [1.54, 1.807) is 24.3 Å². The molecule has 3 aromatic rings. The molecular weight excluding hydrogens is 526 g/mol. The highest BCUT2D eigenvalue weighted by Crippen LogP contribution is 2.25. The van der Waals surface area contributed by atoms with Crippen LogP contribution in [0.15, 0.2) is 27.4 Å². The monoisotopic (exact) mass is 563 g/mol. The number of thiophene rings is 1. The number of urea groups is 1. The van der Waals surface area contributed by atoms with Gasteiger partial charge in [-0.05, 0) is 87.9 Å². The molecule has 0 aliphatic carbocycles. The highest BCUT2D eigenvalue weighted by molar-refractivity contribution is 7.07. The fourth-order valence-electron chi connectivity index (χ4n) is 5.18.